The Bertz CT molecular complexity index is 738. The van der Waals surface area contributed by atoms with Crippen molar-refractivity contribution in [3.05, 3.63) is 58.7 Å². The number of fused-ring (bicyclic) bond motifs is 1. The third-order valence-corrected chi connectivity index (χ3v) is 3.58. The smallest absolute Gasteiger partial charge is 0.205 e. The standard InChI is InChI=1S/C17H16FNO3/c1-10-16-14(9-21-17(2,3)22-16)13(8-19-10)15(20)11-4-6-12(18)7-5-11/h4-8H,9H2,1-3H3. The number of hydrogen-bond acceptors (Lipinski definition) is 4. The molecule has 114 valence electrons. The summed E-state index contributed by atoms with van der Waals surface area (Å²) in [5, 5.41) is 0. The lowest BCUT2D eigenvalue weighted by Gasteiger charge is -2.33. The van der Waals surface area contributed by atoms with Crippen LogP contribution in [-0.2, 0) is 11.3 Å². The summed E-state index contributed by atoms with van der Waals surface area (Å²) in [6.45, 7) is 5.72. The van der Waals surface area contributed by atoms with Crippen LogP contribution < -0.4 is 4.74 Å². The Morgan fingerprint density at radius 3 is 2.64 bits per heavy atom. The molecule has 1 aliphatic rings. The molecule has 0 saturated heterocycles. The van der Waals surface area contributed by atoms with E-state index in [4.69, 9.17) is 9.47 Å². The molecule has 2 heterocycles. The van der Waals surface area contributed by atoms with Crippen LogP contribution in [0.1, 0.15) is 41.0 Å². The minimum atomic E-state index is -0.753. The third kappa shape index (κ3) is 2.60. The number of aromatic nitrogens is 1. The fourth-order valence-electron chi connectivity index (χ4n) is 2.39. The Morgan fingerprint density at radius 1 is 1.27 bits per heavy atom. The molecular formula is C17H16FNO3. The quantitative estimate of drug-likeness (QED) is 0.798. The molecule has 0 N–H and O–H groups in total. The number of rotatable bonds is 2. The van der Waals surface area contributed by atoms with Gasteiger partial charge < -0.3 is 9.47 Å². The monoisotopic (exact) mass is 301 g/mol. The SMILES string of the molecule is Cc1ncc(C(=O)c2ccc(F)cc2)c2c1OC(C)(C)OC2. The highest BCUT2D eigenvalue weighted by atomic mass is 19.1. The average Bonchev–Trinajstić information content (AvgIpc) is 2.48. The van der Waals surface area contributed by atoms with E-state index in [-0.39, 0.29) is 18.2 Å². The van der Waals surface area contributed by atoms with Gasteiger partial charge in [-0.15, -0.1) is 0 Å². The van der Waals surface area contributed by atoms with Crippen molar-refractivity contribution in [1.29, 1.82) is 0 Å². The minimum Gasteiger partial charge on any atom is -0.461 e. The van der Waals surface area contributed by atoms with Gasteiger partial charge in [0.25, 0.3) is 0 Å². The van der Waals surface area contributed by atoms with Gasteiger partial charge in [-0.05, 0) is 31.2 Å². The van der Waals surface area contributed by atoms with E-state index in [2.05, 4.69) is 4.98 Å². The van der Waals surface area contributed by atoms with E-state index < -0.39 is 5.79 Å². The normalized spacial score (nSPS) is 15.8. The molecule has 3 rings (SSSR count). The molecule has 1 aliphatic heterocycles. The molecule has 5 heteroatoms. The van der Waals surface area contributed by atoms with Gasteiger partial charge in [0, 0.05) is 31.2 Å². The zero-order chi connectivity index (χ0) is 15.9. The van der Waals surface area contributed by atoms with E-state index in [1.54, 1.807) is 0 Å². The van der Waals surface area contributed by atoms with Crippen molar-refractivity contribution >= 4 is 5.78 Å². The molecule has 0 amide bonds. The number of ketones is 1. The predicted molar refractivity (Wildman–Crippen MR) is 78.3 cm³/mol. The second-order valence-electron chi connectivity index (χ2n) is 5.69. The van der Waals surface area contributed by atoms with Crippen LogP contribution in [0.5, 0.6) is 5.75 Å². The highest BCUT2D eigenvalue weighted by Gasteiger charge is 2.32. The summed E-state index contributed by atoms with van der Waals surface area (Å²) in [6, 6.07) is 5.44. The van der Waals surface area contributed by atoms with Crippen LogP contribution in [0.25, 0.3) is 0 Å². The average molecular weight is 301 g/mol. The first-order valence-electron chi connectivity index (χ1n) is 6.99. The highest BCUT2D eigenvalue weighted by Crippen LogP contribution is 2.35. The van der Waals surface area contributed by atoms with Crippen molar-refractivity contribution < 1.29 is 18.7 Å². The summed E-state index contributed by atoms with van der Waals surface area (Å²) in [7, 11) is 0. The van der Waals surface area contributed by atoms with Crippen molar-refractivity contribution in [3.8, 4) is 5.75 Å². The van der Waals surface area contributed by atoms with Crippen LogP contribution in [0, 0.1) is 12.7 Å². The molecular weight excluding hydrogens is 285 g/mol. The van der Waals surface area contributed by atoms with Gasteiger partial charge in [0.1, 0.15) is 5.82 Å². The third-order valence-electron chi connectivity index (χ3n) is 3.58. The van der Waals surface area contributed by atoms with Crippen LogP contribution in [0.15, 0.2) is 30.5 Å². The molecule has 0 spiro atoms. The molecule has 0 atom stereocenters. The van der Waals surface area contributed by atoms with Gasteiger partial charge in [-0.1, -0.05) is 0 Å². The molecule has 2 aromatic rings. The molecule has 0 aliphatic carbocycles. The number of nitrogens with zero attached hydrogens (tertiary/aromatic N) is 1. The van der Waals surface area contributed by atoms with Crippen LogP contribution in [0.3, 0.4) is 0 Å². The van der Waals surface area contributed by atoms with Crippen molar-refractivity contribution in [1.82, 2.24) is 4.98 Å². The molecule has 22 heavy (non-hydrogen) atoms. The maximum atomic E-state index is 13.0. The first-order valence-corrected chi connectivity index (χ1v) is 6.99. The second-order valence-corrected chi connectivity index (χ2v) is 5.69. The van der Waals surface area contributed by atoms with Gasteiger partial charge in [-0.25, -0.2) is 4.39 Å². The maximum Gasteiger partial charge on any atom is 0.205 e. The second kappa shape index (κ2) is 5.18. The molecule has 0 radical (unpaired) electrons. The van der Waals surface area contributed by atoms with Crippen LogP contribution >= 0.6 is 0 Å². The summed E-state index contributed by atoms with van der Waals surface area (Å²) in [6.07, 6.45) is 1.52. The maximum absolute atomic E-state index is 13.0. The fourth-order valence-corrected chi connectivity index (χ4v) is 2.39. The topological polar surface area (TPSA) is 48.4 Å². The Kier molecular flexibility index (Phi) is 3.45. The fraction of sp³-hybridized carbons (Fsp3) is 0.294. The minimum absolute atomic E-state index is 0.226. The summed E-state index contributed by atoms with van der Waals surface area (Å²) in [4.78, 5) is 16.9. The Hall–Kier alpha value is -2.27. The lowest BCUT2D eigenvalue weighted by Crippen LogP contribution is -2.36. The van der Waals surface area contributed by atoms with E-state index in [1.807, 2.05) is 20.8 Å². The number of pyridine rings is 1. The van der Waals surface area contributed by atoms with Gasteiger partial charge in [-0.2, -0.15) is 0 Å². The van der Waals surface area contributed by atoms with E-state index in [9.17, 15) is 9.18 Å². The number of aryl methyl sites for hydroxylation is 1. The molecule has 0 fully saturated rings. The van der Waals surface area contributed by atoms with Gasteiger partial charge in [0.2, 0.25) is 5.79 Å². The summed E-state index contributed by atoms with van der Waals surface area (Å²) in [5.74, 6) is -0.773. The van der Waals surface area contributed by atoms with Crippen LogP contribution in [0.4, 0.5) is 4.39 Å². The lowest BCUT2D eigenvalue weighted by molar-refractivity contribution is -0.180. The highest BCUT2D eigenvalue weighted by molar-refractivity contribution is 6.10. The van der Waals surface area contributed by atoms with Gasteiger partial charge in [0.05, 0.1) is 17.9 Å². The largest absolute Gasteiger partial charge is 0.461 e. The summed E-state index contributed by atoms with van der Waals surface area (Å²) in [5.41, 5.74) is 2.21. The Labute approximate surface area is 127 Å². The molecule has 1 aromatic carbocycles. The Balaban J connectivity index is 2.05. The van der Waals surface area contributed by atoms with Crippen molar-refractivity contribution in [2.75, 3.05) is 0 Å². The number of halogens is 1. The zero-order valence-electron chi connectivity index (χ0n) is 12.6. The van der Waals surface area contributed by atoms with Crippen LogP contribution in [0.2, 0.25) is 0 Å². The molecule has 0 saturated carbocycles. The van der Waals surface area contributed by atoms with E-state index in [1.165, 1.54) is 30.5 Å². The summed E-state index contributed by atoms with van der Waals surface area (Å²) < 4.78 is 24.4. The van der Waals surface area contributed by atoms with E-state index in [0.717, 1.165) is 0 Å². The van der Waals surface area contributed by atoms with E-state index in [0.29, 0.717) is 28.1 Å². The predicted octanol–water partition coefficient (Wildman–Crippen LogP) is 3.41. The van der Waals surface area contributed by atoms with Crippen molar-refractivity contribution in [3.63, 3.8) is 0 Å². The van der Waals surface area contributed by atoms with Crippen LogP contribution in [-0.4, -0.2) is 16.6 Å². The van der Waals surface area contributed by atoms with Gasteiger partial charge in [-0.3, -0.25) is 9.78 Å². The number of carbonyl (C=O) groups excluding carboxylic acids is 1. The first kappa shape index (κ1) is 14.7. The lowest BCUT2D eigenvalue weighted by atomic mass is 9.98. The first-order chi connectivity index (χ1) is 10.4. The zero-order valence-corrected chi connectivity index (χ0v) is 12.6. The number of benzene rings is 1. The van der Waals surface area contributed by atoms with Gasteiger partial charge >= 0.3 is 0 Å². The van der Waals surface area contributed by atoms with E-state index >= 15 is 0 Å². The number of ether oxygens (including phenoxy) is 2. The summed E-state index contributed by atoms with van der Waals surface area (Å²) >= 11 is 0. The molecule has 4 nitrogen and oxygen atoms in total. The molecule has 0 unspecified atom stereocenters. The van der Waals surface area contributed by atoms with Crippen molar-refractivity contribution in [2.45, 2.75) is 33.2 Å². The molecule has 1 aromatic heterocycles. The molecule has 0 bridgehead atoms. The van der Waals surface area contributed by atoms with Gasteiger partial charge in [0.15, 0.2) is 11.5 Å². The number of hydrogen-bond donors (Lipinski definition) is 0. The number of carbonyl (C=O) groups is 1. The van der Waals surface area contributed by atoms with Crippen molar-refractivity contribution in [2.24, 2.45) is 0 Å². The Morgan fingerprint density at radius 2 is 1.95 bits per heavy atom.